The largest absolute Gasteiger partial charge is 0.389 e. The van der Waals surface area contributed by atoms with Crippen molar-refractivity contribution in [2.75, 3.05) is 6.54 Å². The van der Waals surface area contributed by atoms with E-state index in [2.05, 4.69) is 11.8 Å². The van der Waals surface area contributed by atoms with Crippen LogP contribution in [0.1, 0.15) is 43.7 Å². The predicted molar refractivity (Wildman–Crippen MR) is 80.6 cm³/mol. The van der Waals surface area contributed by atoms with E-state index in [0.29, 0.717) is 11.0 Å². The SMILES string of the molecule is CC1CCCCCN1Cc1cc(F)ccc1C(N)=S. The van der Waals surface area contributed by atoms with Crippen LogP contribution in [0.3, 0.4) is 0 Å². The van der Waals surface area contributed by atoms with Gasteiger partial charge in [0.25, 0.3) is 0 Å². The number of halogens is 1. The number of nitrogens with two attached hydrogens (primary N) is 1. The Bertz CT molecular complexity index is 461. The second-order valence-corrected chi connectivity index (χ2v) is 5.77. The number of likely N-dealkylation sites (tertiary alicyclic amines) is 1. The van der Waals surface area contributed by atoms with Gasteiger partial charge in [0.05, 0.1) is 0 Å². The first-order chi connectivity index (χ1) is 9.08. The summed E-state index contributed by atoms with van der Waals surface area (Å²) in [4.78, 5) is 2.75. The minimum absolute atomic E-state index is 0.225. The van der Waals surface area contributed by atoms with Gasteiger partial charge in [-0.3, -0.25) is 4.90 Å². The van der Waals surface area contributed by atoms with Gasteiger partial charge < -0.3 is 5.73 Å². The van der Waals surface area contributed by atoms with E-state index in [4.69, 9.17) is 18.0 Å². The van der Waals surface area contributed by atoms with Crippen LogP contribution >= 0.6 is 12.2 Å². The third-order valence-corrected chi connectivity index (χ3v) is 4.12. The van der Waals surface area contributed by atoms with Gasteiger partial charge in [-0.15, -0.1) is 0 Å². The third kappa shape index (κ3) is 3.74. The zero-order valence-corrected chi connectivity index (χ0v) is 12.2. The van der Waals surface area contributed by atoms with Crippen molar-refractivity contribution in [3.8, 4) is 0 Å². The number of hydrogen-bond acceptors (Lipinski definition) is 2. The fourth-order valence-electron chi connectivity index (χ4n) is 2.72. The van der Waals surface area contributed by atoms with Crippen molar-refractivity contribution in [1.29, 1.82) is 0 Å². The second kappa shape index (κ2) is 6.44. The Morgan fingerprint density at radius 1 is 1.42 bits per heavy atom. The Kier molecular flexibility index (Phi) is 4.88. The first-order valence-corrected chi connectivity index (χ1v) is 7.31. The molecule has 0 amide bonds. The Morgan fingerprint density at radius 2 is 2.21 bits per heavy atom. The lowest BCUT2D eigenvalue weighted by molar-refractivity contribution is 0.204. The van der Waals surface area contributed by atoms with Crippen molar-refractivity contribution in [2.24, 2.45) is 5.73 Å². The molecule has 0 radical (unpaired) electrons. The molecule has 1 aliphatic rings. The molecule has 4 heteroatoms. The van der Waals surface area contributed by atoms with E-state index in [1.54, 1.807) is 12.1 Å². The summed E-state index contributed by atoms with van der Waals surface area (Å²) in [6, 6.07) is 5.20. The van der Waals surface area contributed by atoms with Gasteiger partial charge >= 0.3 is 0 Å². The summed E-state index contributed by atoms with van der Waals surface area (Å²) in [6.07, 6.45) is 4.98. The van der Waals surface area contributed by atoms with E-state index in [-0.39, 0.29) is 5.82 Å². The van der Waals surface area contributed by atoms with Crippen LogP contribution in [0, 0.1) is 5.82 Å². The molecule has 2 rings (SSSR count). The number of nitrogens with zero attached hydrogens (tertiary/aromatic N) is 1. The number of benzene rings is 1. The highest BCUT2D eigenvalue weighted by atomic mass is 32.1. The average Bonchev–Trinajstić information content (AvgIpc) is 2.55. The molecule has 19 heavy (non-hydrogen) atoms. The van der Waals surface area contributed by atoms with Crippen molar-refractivity contribution in [3.05, 3.63) is 35.1 Å². The predicted octanol–water partition coefficient (Wildman–Crippen LogP) is 3.22. The van der Waals surface area contributed by atoms with Crippen LogP contribution in [0.25, 0.3) is 0 Å². The highest BCUT2D eigenvalue weighted by Crippen LogP contribution is 2.21. The molecule has 1 atom stereocenters. The standard InChI is InChI=1S/C15H21FN2S/c1-11-5-3-2-4-8-18(11)10-12-9-13(16)6-7-14(12)15(17)19/h6-7,9,11H,2-5,8,10H2,1H3,(H2,17,19). The first-order valence-electron chi connectivity index (χ1n) is 6.90. The van der Waals surface area contributed by atoms with Crippen LogP contribution in [-0.2, 0) is 6.54 Å². The quantitative estimate of drug-likeness (QED) is 0.862. The van der Waals surface area contributed by atoms with E-state index in [1.165, 1.54) is 31.7 Å². The summed E-state index contributed by atoms with van der Waals surface area (Å²) in [5.74, 6) is -0.225. The minimum atomic E-state index is -0.225. The van der Waals surface area contributed by atoms with Gasteiger partial charge in [0, 0.05) is 18.2 Å². The molecule has 1 heterocycles. The molecular weight excluding hydrogens is 259 g/mol. The van der Waals surface area contributed by atoms with E-state index >= 15 is 0 Å². The lowest BCUT2D eigenvalue weighted by Crippen LogP contribution is -2.32. The third-order valence-electron chi connectivity index (χ3n) is 3.90. The molecule has 1 saturated heterocycles. The molecule has 2 N–H and O–H groups in total. The van der Waals surface area contributed by atoms with Gasteiger partial charge in [0.2, 0.25) is 0 Å². The molecule has 0 aliphatic carbocycles. The van der Waals surface area contributed by atoms with Crippen LogP contribution in [0.15, 0.2) is 18.2 Å². The Balaban J connectivity index is 2.21. The summed E-state index contributed by atoms with van der Waals surface area (Å²) >= 11 is 5.05. The van der Waals surface area contributed by atoms with Crippen LogP contribution in [0.2, 0.25) is 0 Å². The molecule has 1 aromatic carbocycles. The zero-order valence-electron chi connectivity index (χ0n) is 11.4. The number of rotatable bonds is 3. The molecule has 0 saturated carbocycles. The topological polar surface area (TPSA) is 29.3 Å². The smallest absolute Gasteiger partial charge is 0.123 e. The van der Waals surface area contributed by atoms with Crippen LogP contribution < -0.4 is 5.73 Å². The zero-order chi connectivity index (χ0) is 13.8. The van der Waals surface area contributed by atoms with Crippen molar-refractivity contribution in [2.45, 2.75) is 45.2 Å². The molecule has 2 nitrogen and oxygen atoms in total. The first kappa shape index (κ1) is 14.4. The highest BCUT2D eigenvalue weighted by Gasteiger charge is 2.18. The Labute approximate surface area is 119 Å². The maximum atomic E-state index is 13.4. The molecule has 1 aromatic rings. The van der Waals surface area contributed by atoms with Crippen LogP contribution in [-0.4, -0.2) is 22.5 Å². The lowest BCUT2D eigenvalue weighted by atomic mass is 10.1. The van der Waals surface area contributed by atoms with Crippen molar-refractivity contribution >= 4 is 17.2 Å². The summed E-state index contributed by atoms with van der Waals surface area (Å²) in [6.45, 7) is 4.03. The molecule has 0 spiro atoms. The maximum Gasteiger partial charge on any atom is 0.123 e. The monoisotopic (exact) mass is 280 g/mol. The summed E-state index contributed by atoms with van der Waals surface area (Å²) in [7, 11) is 0. The number of hydrogen-bond donors (Lipinski definition) is 1. The normalized spacial score (nSPS) is 21.1. The van der Waals surface area contributed by atoms with Gasteiger partial charge in [0.15, 0.2) is 0 Å². The summed E-state index contributed by atoms with van der Waals surface area (Å²) in [5.41, 5.74) is 7.43. The van der Waals surface area contributed by atoms with E-state index in [0.717, 1.165) is 24.2 Å². The molecule has 1 aliphatic heterocycles. The second-order valence-electron chi connectivity index (χ2n) is 5.33. The fraction of sp³-hybridized carbons (Fsp3) is 0.533. The maximum absolute atomic E-state index is 13.4. The number of thiocarbonyl (C=S) groups is 1. The highest BCUT2D eigenvalue weighted by molar-refractivity contribution is 7.80. The molecule has 1 unspecified atom stereocenters. The summed E-state index contributed by atoms with van der Waals surface area (Å²) in [5, 5.41) is 0. The van der Waals surface area contributed by atoms with Crippen molar-refractivity contribution in [3.63, 3.8) is 0 Å². The Morgan fingerprint density at radius 3 is 2.95 bits per heavy atom. The van der Waals surface area contributed by atoms with Crippen molar-refractivity contribution < 1.29 is 4.39 Å². The summed E-state index contributed by atoms with van der Waals surface area (Å²) < 4.78 is 13.4. The Hall–Kier alpha value is -1.00. The molecule has 1 fully saturated rings. The van der Waals surface area contributed by atoms with Crippen molar-refractivity contribution in [1.82, 2.24) is 4.90 Å². The molecule has 0 bridgehead atoms. The van der Waals surface area contributed by atoms with Gasteiger partial charge in [-0.25, -0.2) is 4.39 Å². The van der Waals surface area contributed by atoms with Gasteiger partial charge in [-0.05, 0) is 50.1 Å². The van der Waals surface area contributed by atoms with Gasteiger partial charge in [0.1, 0.15) is 10.8 Å². The molecule has 104 valence electrons. The van der Waals surface area contributed by atoms with Gasteiger partial charge in [-0.2, -0.15) is 0 Å². The van der Waals surface area contributed by atoms with E-state index in [1.807, 2.05) is 0 Å². The van der Waals surface area contributed by atoms with Gasteiger partial charge in [-0.1, -0.05) is 25.1 Å². The minimum Gasteiger partial charge on any atom is -0.389 e. The van der Waals surface area contributed by atoms with E-state index < -0.39 is 0 Å². The van der Waals surface area contributed by atoms with Crippen LogP contribution in [0.4, 0.5) is 4.39 Å². The fourth-order valence-corrected chi connectivity index (χ4v) is 2.92. The molecule has 0 aromatic heterocycles. The van der Waals surface area contributed by atoms with E-state index in [9.17, 15) is 4.39 Å². The molecular formula is C15H21FN2S. The van der Waals surface area contributed by atoms with Crippen LogP contribution in [0.5, 0.6) is 0 Å². The average molecular weight is 280 g/mol. The lowest BCUT2D eigenvalue weighted by Gasteiger charge is -2.27.